The highest BCUT2D eigenvalue weighted by atomic mass is 32.1. The molecule has 3 saturated heterocycles. The molecule has 0 atom stereocenters. The summed E-state index contributed by atoms with van der Waals surface area (Å²) in [4.78, 5) is 118. The molecule has 0 unspecified atom stereocenters. The summed E-state index contributed by atoms with van der Waals surface area (Å²) in [5.74, 6) is -11.5. The van der Waals surface area contributed by atoms with E-state index in [1.165, 1.54) is 85.3 Å². The Kier molecular flexibility index (Phi) is 30.0. The van der Waals surface area contributed by atoms with Gasteiger partial charge in [0.1, 0.15) is 39.7 Å². The van der Waals surface area contributed by atoms with Crippen LogP contribution in [0.3, 0.4) is 0 Å². The Hall–Kier alpha value is -13.9. The largest absolute Gasteiger partial charge is 0.494 e. The van der Waals surface area contributed by atoms with Gasteiger partial charge in [-0.15, -0.1) is 11.3 Å². The van der Waals surface area contributed by atoms with Crippen molar-refractivity contribution >= 4 is 108 Å². The van der Waals surface area contributed by atoms with Crippen LogP contribution in [0.25, 0.3) is 27.4 Å². The Bertz CT molecular complexity index is 5850. The number of fused-ring (bicyclic) bond motifs is 3. The maximum absolute atomic E-state index is 15.0. The van der Waals surface area contributed by atoms with Gasteiger partial charge in [0.05, 0.1) is 69.6 Å². The fourth-order valence-electron chi connectivity index (χ4n) is 15.3. The number of ketones is 3. The summed E-state index contributed by atoms with van der Waals surface area (Å²) in [5, 5.41) is 8.68. The number of nitrogens with zero attached hydrogens (tertiary/aromatic N) is 12. The van der Waals surface area contributed by atoms with E-state index in [0.29, 0.717) is 68.9 Å². The van der Waals surface area contributed by atoms with Crippen LogP contribution in [-0.4, -0.2) is 221 Å². The van der Waals surface area contributed by atoms with Gasteiger partial charge < -0.3 is 78.2 Å². The van der Waals surface area contributed by atoms with E-state index in [2.05, 4.69) is 116 Å². The van der Waals surface area contributed by atoms with Crippen LogP contribution in [0, 0.1) is 34.9 Å². The number of nitrogens with one attached hydrogen (secondary N) is 3. The second-order valence-corrected chi connectivity index (χ2v) is 31.2. The quantitative estimate of drug-likeness (QED) is 0.0214. The summed E-state index contributed by atoms with van der Waals surface area (Å²) >= 11 is 1.03. The molecule has 0 bridgehead atoms. The Morgan fingerprint density at radius 2 is 0.775 bits per heavy atom. The molecule has 11 aromatic rings. The van der Waals surface area contributed by atoms with Crippen molar-refractivity contribution in [3.63, 3.8) is 0 Å². The fourth-order valence-corrected chi connectivity index (χ4v) is 16.2. The molecule has 3 N–H and O–H groups in total. The maximum atomic E-state index is 15.0. The van der Waals surface area contributed by atoms with E-state index in [1.807, 2.05) is 54.6 Å². The van der Waals surface area contributed by atoms with Gasteiger partial charge in [0, 0.05) is 186 Å². The number of amides is 3. The van der Waals surface area contributed by atoms with Gasteiger partial charge in [0.15, 0.2) is 86.5 Å². The number of ether oxygens (including phenoxy) is 6. The van der Waals surface area contributed by atoms with Crippen molar-refractivity contribution in [1.29, 1.82) is 0 Å². The van der Waals surface area contributed by atoms with Crippen molar-refractivity contribution in [2.45, 2.75) is 46.5 Å². The normalized spacial score (nSPS) is 14.0. The van der Waals surface area contributed by atoms with Gasteiger partial charge in [-0.3, -0.25) is 28.8 Å². The lowest BCUT2D eigenvalue weighted by Crippen LogP contribution is -2.46. The molecule has 1 aliphatic carbocycles. The SMILES string of the molecule is C=CC(=O)Nc1cc(N2CCN(CC)CC2)ccc1Cc1ncc2c(n1)C=C(C(=O)c1c(F)c(OC)cc(OC)c1F)C2.C=CC(=O)Nc1cc(N2CCN(CC)CC2)ccc1Cc1ncc2oc(C(=O)c3c(F)c(OC)cc(OC)c3F)cc2n1.C=CC(=O)Nc1cc(N2CCN(CC)CC2)ccc1Cc1ncc2sc(C(=O)c3c(F)c(OC)cc(OC)c3F)cc2n1. The Balaban J connectivity index is 0.000000165. The van der Waals surface area contributed by atoms with E-state index in [-0.39, 0.29) is 92.4 Å². The maximum Gasteiger partial charge on any atom is 0.247 e. The molecule has 3 aliphatic heterocycles. The summed E-state index contributed by atoms with van der Waals surface area (Å²) in [6.07, 6.45) is 10.7. The van der Waals surface area contributed by atoms with E-state index >= 15 is 0 Å². The van der Waals surface area contributed by atoms with Crippen LogP contribution in [0.15, 0.2) is 151 Å². The first-order valence-electron chi connectivity index (χ1n) is 41.4. The summed E-state index contributed by atoms with van der Waals surface area (Å²) < 4.78 is 126. The van der Waals surface area contributed by atoms with Gasteiger partial charge >= 0.3 is 0 Å². The number of halogens is 6. The second kappa shape index (κ2) is 41.7. The molecule has 5 aromatic heterocycles. The Labute approximate surface area is 743 Å². The van der Waals surface area contributed by atoms with Crippen molar-refractivity contribution in [2.75, 3.05) is 171 Å². The minimum absolute atomic E-state index is 0.0843. The lowest BCUT2D eigenvalue weighted by Gasteiger charge is -2.35. The summed E-state index contributed by atoms with van der Waals surface area (Å²) in [5.41, 5.74) is 7.03. The number of rotatable bonds is 30. The number of likely N-dealkylation sites (N-methyl/N-ethyl adjacent to an activating group) is 3. The van der Waals surface area contributed by atoms with Gasteiger partial charge in [-0.05, 0) is 103 Å². The van der Waals surface area contributed by atoms with Crippen molar-refractivity contribution in [1.82, 2.24) is 44.6 Å². The number of carbonyl (C=O) groups is 6. The number of methoxy groups -OCH3 is 6. The molecule has 28 nitrogen and oxygen atoms in total. The minimum atomic E-state index is -1.18. The minimum Gasteiger partial charge on any atom is -0.494 e. The molecule has 129 heavy (non-hydrogen) atoms. The van der Waals surface area contributed by atoms with Crippen molar-refractivity contribution < 1.29 is 87.9 Å². The zero-order valence-electron chi connectivity index (χ0n) is 72.5. The molecule has 3 amide bonds. The van der Waals surface area contributed by atoms with Crippen molar-refractivity contribution in [3.8, 4) is 34.5 Å². The van der Waals surface area contributed by atoms with Crippen LogP contribution in [0.5, 0.6) is 34.5 Å². The number of hydrogen-bond acceptors (Lipinski definition) is 26. The zero-order valence-corrected chi connectivity index (χ0v) is 73.3. The Morgan fingerprint density at radius 1 is 0.426 bits per heavy atom. The predicted octanol–water partition coefficient (Wildman–Crippen LogP) is 14.1. The smallest absolute Gasteiger partial charge is 0.247 e. The van der Waals surface area contributed by atoms with E-state index in [9.17, 15) is 55.1 Å². The van der Waals surface area contributed by atoms with E-state index in [1.54, 1.807) is 12.4 Å². The molecule has 0 spiro atoms. The highest BCUT2D eigenvalue weighted by Gasteiger charge is 2.34. The number of furan rings is 1. The third kappa shape index (κ3) is 20.9. The van der Waals surface area contributed by atoms with Gasteiger partial charge in [-0.1, -0.05) is 58.7 Å². The average Bonchev–Trinajstić information content (AvgIpc) is 1.66. The second-order valence-electron chi connectivity index (χ2n) is 30.1. The molecular weight excluding hydrogens is 1690 g/mol. The highest BCUT2D eigenvalue weighted by molar-refractivity contribution is 7.20. The number of Topliss-reactive ketones (excluding diaryl/α,β-unsaturated/α-hetero) is 1. The van der Waals surface area contributed by atoms with Gasteiger partial charge in [-0.25, -0.2) is 56.2 Å². The fraction of sp³-hybridized carbons (Fsp3) is 0.298. The lowest BCUT2D eigenvalue weighted by atomic mass is 10.00. The van der Waals surface area contributed by atoms with E-state index < -0.39 is 68.9 Å². The van der Waals surface area contributed by atoms with Gasteiger partial charge in [0.25, 0.3) is 0 Å². The molecule has 15 rings (SSSR count). The van der Waals surface area contributed by atoms with Crippen LogP contribution >= 0.6 is 11.3 Å². The number of anilines is 6. The summed E-state index contributed by atoms with van der Waals surface area (Å²) in [7, 11) is 7.27. The molecule has 0 radical (unpaired) electrons. The van der Waals surface area contributed by atoms with Crippen molar-refractivity contribution in [3.05, 3.63) is 255 Å². The summed E-state index contributed by atoms with van der Waals surface area (Å²) in [6, 6.07) is 23.6. The third-order valence-electron chi connectivity index (χ3n) is 22.6. The number of benzene rings is 6. The first kappa shape index (κ1) is 92.8. The first-order valence-corrected chi connectivity index (χ1v) is 42.2. The van der Waals surface area contributed by atoms with Crippen LogP contribution in [0.2, 0.25) is 0 Å². The first-order chi connectivity index (χ1) is 62.3. The van der Waals surface area contributed by atoms with E-state index in [4.69, 9.17) is 32.8 Å². The molecule has 6 aromatic carbocycles. The third-order valence-corrected chi connectivity index (χ3v) is 23.7. The zero-order chi connectivity index (χ0) is 92.0. The molecule has 3 fully saturated rings. The predicted molar refractivity (Wildman–Crippen MR) is 480 cm³/mol. The average molecular weight is 1790 g/mol. The molecule has 8 heterocycles. The van der Waals surface area contributed by atoms with Gasteiger partial charge in [0.2, 0.25) is 29.3 Å². The molecule has 0 saturated carbocycles. The number of carbonyl (C=O) groups excluding carboxylic acids is 6. The number of allylic oxidation sites excluding steroid dienone is 1. The standard InChI is InChI=1S/C32H33F2N5O4.C31H31F2N5O5.C31H31F2N5O4S/c1-5-28(40)37-24-16-22(39-11-9-38(6-2)10-12-39)8-7-19(24)15-27-35-18-21-13-20(14-23(21)36-27)32(41)29-30(33)25(42-3)17-26(43-4)31(29)34;2*1-5-27(39)36-20-14-19(38-11-9-37(6-2)10-12-38)8-7-18(20)13-26-34-17-25-21(35-26)15-24(43-25)31(40)28-29(32)22(41-3)16-23(42-4)30(28)33/h5,7-8,14,16-18H,1,6,9-13,15H2,2-4H3,(H,37,40);2*5,7-8,14-17H,1,6,9-13H2,2-4H3,(H,36,39). The number of aromatic nitrogens is 6. The van der Waals surface area contributed by atoms with Crippen LogP contribution in [0.4, 0.5) is 60.5 Å². The number of hydrogen-bond donors (Lipinski definition) is 3. The molecule has 672 valence electrons. The van der Waals surface area contributed by atoms with Crippen molar-refractivity contribution in [2.24, 2.45) is 0 Å². The van der Waals surface area contributed by atoms with Gasteiger partial charge in [-0.2, -0.15) is 0 Å². The van der Waals surface area contributed by atoms with Crippen LogP contribution < -0.4 is 59.1 Å². The topological polar surface area (TPSA) is 304 Å². The Morgan fingerprint density at radius 3 is 1.15 bits per heavy atom. The lowest BCUT2D eigenvalue weighted by molar-refractivity contribution is -0.112. The van der Waals surface area contributed by atoms with Crippen LogP contribution in [-0.2, 0) is 40.1 Å². The molecule has 35 heteroatoms. The summed E-state index contributed by atoms with van der Waals surface area (Å²) in [6.45, 7) is 31.3. The molecule has 4 aliphatic rings. The monoisotopic (exact) mass is 1790 g/mol. The molecular formula is C94H95F6N15O13S. The van der Waals surface area contributed by atoms with E-state index in [0.717, 1.165) is 161 Å². The van der Waals surface area contributed by atoms with Crippen LogP contribution in [0.1, 0.15) is 108 Å². The number of piperazine rings is 3. The number of thiophene rings is 1. The highest BCUT2D eigenvalue weighted by Crippen LogP contribution is 2.40.